The third kappa shape index (κ3) is 4.87. The van der Waals surface area contributed by atoms with Crippen LogP contribution < -0.4 is 21.2 Å². The molecule has 1 aromatic heterocycles. The fourth-order valence-corrected chi connectivity index (χ4v) is 4.95. The summed E-state index contributed by atoms with van der Waals surface area (Å²) in [5.41, 5.74) is 8.51. The van der Waals surface area contributed by atoms with E-state index in [2.05, 4.69) is 20.7 Å². The number of benzene rings is 2. The van der Waals surface area contributed by atoms with Gasteiger partial charge in [0.25, 0.3) is 5.91 Å². The summed E-state index contributed by atoms with van der Waals surface area (Å²) in [6.45, 7) is 1.36. The first kappa shape index (κ1) is 25.1. The molecule has 3 fully saturated rings. The van der Waals surface area contributed by atoms with E-state index in [9.17, 15) is 23.6 Å². The lowest BCUT2D eigenvalue weighted by molar-refractivity contribution is -0.146. The summed E-state index contributed by atoms with van der Waals surface area (Å²) in [4.78, 5) is 54.8. The van der Waals surface area contributed by atoms with E-state index in [0.717, 1.165) is 24.2 Å². The van der Waals surface area contributed by atoms with Crippen LogP contribution in [0.2, 0.25) is 0 Å². The Bertz CT molecular complexity index is 1420. The van der Waals surface area contributed by atoms with Crippen molar-refractivity contribution in [1.82, 2.24) is 25.0 Å². The Hall–Kier alpha value is -4.52. The van der Waals surface area contributed by atoms with Gasteiger partial charge in [0.15, 0.2) is 5.69 Å². The molecule has 6 rings (SSSR count). The van der Waals surface area contributed by atoms with E-state index < -0.39 is 17.9 Å². The molecule has 0 radical (unpaired) electrons. The summed E-state index contributed by atoms with van der Waals surface area (Å²) in [6.07, 6.45) is 1.84. The van der Waals surface area contributed by atoms with Gasteiger partial charge in [-0.15, -0.1) is 5.10 Å². The molecule has 38 heavy (non-hydrogen) atoms. The average Bonchev–Trinajstić information content (AvgIpc) is 3.27. The van der Waals surface area contributed by atoms with Crippen LogP contribution in [0.3, 0.4) is 0 Å². The second-order valence-corrected chi connectivity index (χ2v) is 9.37. The van der Waals surface area contributed by atoms with Crippen LogP contribution in [-0.4, -0.2) is 75.7 Å². The van der Waals surface area contributed by atoms with Gasteiger partial charge in [0.1, 0.15) is 11.6 Å². The molecule has 3 aliphatic rings. The molecule has 13 heteroatoms. The van der Waals surface area contributed by atoms with Crippen molar-refractivity contribution in [2.24, 2.45) is 5.73 Å². The number of fused-ring (bicyclic) bond motifs is 4. The number of ether oxygens (including phenoxy) is 1. The van der Waals surface area contributed by atoms with E-state index in [-0.39, 0.29) is 52.7 Å². The first-order chi connectivity index (χ1) is 18.2. The number of nitrogens with one attached hydrogen (secondary N) is 2. The number of urea groups is 1. The minimum atomic E-state index is -1.30. The number of aromatic nitrogens is 2. The predicted octanol–water partition coefficient (Wildman–Crippen LogP) is 0.938. The van der Waals surface area contributed by atoms with Gasteiger partial charge in [-0.3, -0.25) is 14.5 Å². The number of hydrogen-bond donors (Lipinski definition) is 3. The lowest BCUT2D eigenvalue weighted by Gasteiger charge is -2.50. The minimum absolute atomic E-state index is 0.00926. The lowest BCUT2D eigenvalue weighted by Crippen LogP contribution is -2.62. The molecule has 4 heterocycles. The van der Waals surface area contributed by atoms with Crippen molar-refractivity contribution in [3.05, 3.63) is 59.5 Å². The summed E-state index contributed by atoms with van der Waals surface area (Å²) in [7, 11) is 2.03. The van der Waals surface area contributed by atoms with Crippen LogP contribution in [0.1, 0.15) is 28.9 Å². The smallest absolute Gasteiger partial charge is 0.401 e. The lowest BCUT2D eigenvalue weighted by atomic mass is 9.91. The summed E-state index contributed by atoms with van der Waals surface area (Å²) in [5, 5.41) is 7.16. The average molecular weight is 524 g/mol. The molecule has 2 atom stereocenters. The highest BCUT2D eigenvalue weighted by molar-refractivity contribution is 6.32. The minimum Gasteiger partial charge on any atom is -0.419 e. The second kappa shape index (κ2) is 10.1. The summed E-state index contributed by atoms with van der Waals surface area (Å²) >= 11 is 0. The number of carbonyl (C=O) groups is 4. The Morgan fingerprint density at radius 2 is 1.82 bits per heavy atom. The maximum Gasteiger partial charge on any atom is 0.401 e. The van der Waals surface area contributed by atoms with Crippen molar-refractivity contribution < 1.29 is 28.3 Å². The number of nitrogens with zero attached hydrogens (tertiary/aromatic N) is 4. The SMILES string of the molecule is CN1CC2CCC1CN2C(=O)c1nn(NC(=O)NCc2ccc(F)cc2)c2cccc(OC(=O)C(N)=O)c12. The van der Waals surface area contributed by atoms with E-state index in [1.807, 2.05) is 7.05 Å². The molecule has 12 nitrogen and oxygen atoms in total. The van der Waals surface area contributed by atoms with Gasteiger partial charge >= 0.3 is 17.9 Å². The fraction of sp³-hybridized carbons (Fsp3) is 0.320. The number of halogens is 1. The molecule has 4 amide bonds. The molecule has 2 bridgehead atoms. The molecule has 3 saturated heterocycles. The molecule has 2 aromatic carbocycles. The van der Waals surface area contributed by atoms with Gasteiger partial charge in [0.05, 0.1) is 10.9 Å². The summed E-state index contributed by atoms with van der Waals surface area (Å²) in [6, 6.07) is 9.74. The first-order valence-electron chi connectivity index (χ1n) is 12.0. The standard InChI is InChI=1S/C25H26FN7O5/c1-31-12-17-10-9-16(31)13-32(17)23(35)21-20-18(3-2-4-19(20)38-24(36)22(27)34)33(29-21)30-25(37)28-11-14-5-7-15(26)8-6-14/h2-8,16-17H,9-13H2,1H3,(H2,27,34)(H2,28,30,37). The molecule has 0 spiro atoms. The van der Waals surface area contributed by atoms with Crippen LogP contribution in [0, 0.1) is 5.82 Å². The number of carbonyl (C=O) groups excluding carboxylic acids is 4. The highest BCUT2D eigenvalue weighted by Gasteiger charge is 2.41. The summed E-state index contributed by atoms with van der Waals surface area (Å²) in [5.74, 6) is -3.45. The van der Waals surface area contributed by atoms with E-state index in [1.165, 1.54) is 24.3 Å². The second-order valence-electron chi connectivity index (χ2n) is 9.37. The third-order valence-corrected chi connectivity index (χ3v) is 6.91. The highest BCUT2D eigenvalue weighted by atomic mass is 19.1. The molecular formula is C25H26FN7O5. The molecular weight excluding hydrogens is 497 g/mol. The van der Waals surface area contributed by atoms with Gasteiger partial charge < -0.3 is 20.7 Å². The van der Waals surface area contributed by atoms with E-state index in [0.29, 0.717) is 12.1 Å². The van der Waals surface area contributed by atoms with Crippen molar-refractivity contribution in [2.75, 3.05) is 25.6 Å². The number of amides is 4. The monoisotopic (exact) mass is 523 g/mol. The number of primary amides is 1. The Morgan fingerprint density at radius 1 is 1.08 bits per heavy atom. The Morgan fingerprint density at radius 3 is 2.47 bits per heavy atom. The zero-order chi connectivity index (χ0) is 27.0. The number of piperidine rings is 2. The van der Waals surface area contributed by atoms with Crippen molar-refractivity contribution in [3.8, 4) is 5.75 Å². The number of piperazine rings is 1. The molecule has 198 valence electrons. The number of hydrogen-bond acceptors (Lipinski definition) is 7. The largest absolute Gasteiger partial charge is 0.419 e. The van der Waals surface area contributed by atoms with Gasteiger partial charge in [-0.2, -0.15) is 4.79 Å². The molecule has 3 aliphatic heterocycles. The maximum absolute atomic E-state index is 13.8. The predicted molar refractivity (Wildman–Crippen MR) is 133 cm³/mol. The fourth-order valence-electron chi connectivity index (χ4n) is 4.95. The van der Waals surface area contributed by atoms with Crippen molar-refractivity contribution in [1.29, 1.82) is 0 Å². The van der Waals surface area contributed by atoms with E-state index >= 15 is 0 Å². The third-order valence-electron chi connectivity index (χ3n) is 6.91. The summed E-state index contributed by atoms with van der Waals surface area (Å²) < 4.78 is 18.3. The number of nitrogens with two attached hydrogens (primary N) is 1. The molecule has 3 aromatic rings. The van der Waals surface area contributed by atoms with Crippen LogP contribution in [-0.2, 0) is 16.1 Å². The van der Waals surface area contributed by atoms with Crippen LogP contribution in [0.4, 0.5) is 9.18 Å². The van der Waals surface area contributed by atoms with Gasteiger partial charge in [0, 0.05) is 31.7 Å². The Labute approximate surface area is 216 Å². The molecule has 0 saturated carbocycles. The first-order valence-corrected chi connectivity index (χ1v) is 12.0. The van der Waals surface area contributed by atoms with Gasteiger partial charge in [-0.05, 0) is 49.7 Å². The van der Waals surface area contributed by atoms with Crippen molar-refractivity contribution in [3.63, 3.8) is 0 Å². The van der Waals surface area contributed by atoms with Gasteiger partial charge in [0.2, 0.25) is 0 Å². The molecule has 0 aliphatic carbocycles. The number of esters is 1. The molecule has 2 unspecified atom stereocenters. The van der Waals surface area contributed by atoms with E-state index in [4.69, 9.17) is 10.5 Å². The van der Waals surface area contributed by atoms with E-state index in [1.54, 1.807) is 23.1 Å². The topological polar surface area (TPSA) is 152 Å². The van der Waals surface area contributed by atoms with Crippen LogP contribution in [0.25, 0.3) is 10.9 Å². The number of rotatable bonds is 5. The van der Waals surface area contributed by atoms with Crippen LogP contribution in [0.15, 0.2) is 42.5 Å². The van der Waals surface area contributed by atoms with Gasteiger partial charge in [-0.25, -0.2) is 19.4 Å². The number of likely N-dealkylation sites (N-methyl/N-ethyl adjacent to an activating group) is 1. The Kier molecular flexibility index (Phi) is 6.68. The molecule has 4 N–H and O–H groups in total. The zero-order valence-corrected chi connectivity index (χ0v) is 20.5. The Balaban J connectivity index is 1.46. The quantitative estimate of drug-likeness (QED) is 0.256. The van der Waals surface area contributed by atoms with Gasteiger partial charge in [-0.1, -0.05) is 18.2 Å². The maximum atomic E-state index is 13.8. The normalized spacial score (nSPS) is 18.8. The van der Waals surface area contributed by atoms with Crippen molar-refractivity contribution >= 4 is 34.7 Å². The zero-order valence-electron chi connectivity index (χ0n) is 20.5. The van der Waals surface area contributed by atoms with Crippen molar-refractivity contribution in [2.45, 2.75) is 31.5 Å². The van der Waals surface area contributed by atoms with Crippen LogP contribution >= 0.6 is 0 Å². The highest BCUT2D eigenvalue weighted by Crippen LogP contribution is 2.33. The van der Waals surface area contributed by atoms with Crippen LogP contribution in [0.5, 0.6) is 5.75 Å².